The van der Waals surface area contributed by atoms with E-state index in [2.05, 4.69) is 32.8 Å². The number of anilines is 2. The Hall–Kier alpha value is -2.72. The molecular formula is C20H22N6O. The number of pyridine rings is 1. The lowest BCUT2D eigenvalue weighted by molar-refractivity contribution is 0.109. The Labute approximate surface area is 158 Å². The van der Waals surface area contributed by atoms with Crippen molar-refractivity contribution in [2.45, 2.75) is 20.0 Å². The highest BCUT2D eigenvalue weighted by molar-refractivity contribution is 5.58. The Kier molecular flexibility index (Phi) is 3.94. The van der Waals surface area contributed by atoms with Crippen LogP contribution in [-0.4, -0.2) is 47.7 Å². The minimum atomic E-state index is 0.565. The molecule has 0 N–H and O–H groups in total. The van der Waals surface area contributed by atoms with E-state index in [1.807, 2.05) is 12.3 Å². The summed E-state index contributed by atoms with van der Waals surface area (Å²) >= 11 is 0. The number of aromatic nitrogens is 3. The minimum absolute atomic E-state index is 0.565. The fourth-order valence-electron chi connectivity index (χ4n) is 4.66. The van der Waals surface area contributed by atoms with Crippen molar-refractivity contribution in [3.05, 3.63) is 41.0 Å². The highest BCUT2D eigenvalue weighted by Crippen LogP contribution is 2.37. The molecule has 2 aromatic rings. The van der Waals surface area contributed by atoms with Crippen LogP contribution in [0, 0.1) is 30.1 Å². The van der Waals surface area contributed by atoms with Crippen LogP contribution < -0.4 is 9.80 Å². The van der Waals surface area contributed by atoms with Crippen LogP contribution in [0.3, 0.4) is 0 Å². The van der Waals surface area contributed by atoms with Gasteiger partial charge in [-0.3, -0.25) is 0 Å². The van der Waals surface area contributed by atoms with E-state index in [0.29, 0.717) is 30.6 Å². The molecule has 5 heterocycles. The Bertz CT molecular complexity index is 909. The number of aryl methyl sites for hydroxylation is 1. The van der Waals surface area contributed by atoms with Gasteiger partial charge in [0, 0.05) is 61.8 Å². The number of nitrogens with zero attached hydrogens (tertiary/aromatic N) is 6. The van der Waals surface area contributed by atoms with Gasteiger partial charge in [0.2, 0.25) is 0 Å². The van der Waals surface area contributed by atoms with Gasteiger partial charge in [0.25, 0.3) is 0 Å². The van der Waals surface area contributed by atoms with Crippen LogP contribution in [-0.2, 0) is 17.8 Å². The third-order valence-electron chi connectivity index (χ3n) is 5.99. The van der Waals surface area contributed by atoms with Gasteiger partial charge < -0.3 is 14.5 Å². The van der Waals surface area contributed by atoms with Gasteiger partial charge in [-0.2, -0.15) is 5.26 Å². The van der Waals surface area contributed by atoms with E-state index in [9.17, 15) is 5.26 Å². The molecule has 3 aliphatic rings. The van der Waals surface area contributed by atoms with Gasteiger partial charge in [-0.15, -0.1) is 0 Å². The minimum Gasteiger partial charge on any atom is -0.376 e. The summed E-state index contributed by atoms with van der Waals surface area (Å²) in [5, 5.41) is 9.62. The smallest absolute Gasteiger partial charge is 0.146 e. The molecule has 7 nitrogen and oxygen atoms in total. The molecule has 0 aliphatic carbocycles. The zero-order chi connectivity index (χ0) is 18.4. The van der Waals surface area contributed by atoms with E-state index in [-0.39, 0.29) is 0 Å². The fourth-order valence-corrected chi connectivity index (χ4v) is 4.66. The largest absolute Gasteiger partial charge is 0.376 e. The second-order valence-corrected chi connectivity index (χ2v) is 7.74. The molecular weight excluding hydrogens is 340 g/mol. The van der Waals surface area contributed by atoms with Gasteiger partial charge in [0.15, 0.2) is 0 Å². The summed E-state index contributed by atoms with van der Waals surface area (Å²) in [6, 6.07) is 4.32. The predicted molar refractivity (Wildman–Crippen MR) is 100 cm³/mol. The highest BCUT2D eigenvalue weighted by atomic mass is 16.5. The van der Waals surface area contributed by atoms with Crippen molar-refractivity contribution in [3.63, 3.8) is 0 Å². The first-order chi connectivity index (χ1) is 13.2. The van der Waals surface area contributed by atoms with E-state index in [1.165, 1.54) is 0 Å². The highest BCUT2D eigenvalue weighted by Gasteiger charge is 2.41. The summed E-state index contributed by atoms with van der Waals surface area (Å²) in [6.45, 7) is 7.24. The molecule has 0 amide bonds. The van der Waals surface area contributed by atoms with E-state index in [1.54, 1.807) is 6.33 Å². The first-order valence-electron chi connectivity index (χ1n) is 9.50. The van der Waals surface area contributed by atoms with Crippen LogP contribution >= 0.6 is 0 Å². The molecule has 2 saturated heterocycles. The van der Waals surface area contributed by atoms with Gasteiger partial charge in [-0.25, -0.2) is 15.0 Å². The molecule has 0 bridgehead atoms. The first-order valence-corrected chi connectivity index (χ1v) is 9.50. The summed E-state index contributed by atoms with van der Waals surface area (Å²) in [7, 11) is 0. The molecule has 7 heteroatoms. The van der Waals surface area contributed by atoms with Crippen LogP contribution in [0.2, 0.25) is 0 Å². The van der Waals surface area contributed by atoms with Gasteiger partial charge in [0.05, 0.1) is 24.5 Å². The van der Waals surface area contributed by atoms with Crippen LogP contribution in [0.4, 0.5) is 11.6 Å². The standard InChI is InChI=1S/C20H22N6O/c1-13-6-22-12-23-19(13)25-7-16-9-26(10-17(16)8-25)20-14(5-21)4-15-11-27-3-2-18(15)24-20/h4,6,12,16-17H,2-3,7-11H2,1H3. The molecule has 0 radical (unpaired) electrons. The fraction of sp³-hybridized carbons (Fsp3) is 0.500. The summed E-state index contributed by atoms with van der Waals surface area (Å²) in [5.41, 5.74) is 3.94. The SMILES string of the molecule is Cc1cncnc1N1CC2CN(c3nc4c(cc3C#N)COCC4)CC2C1. The van der Waals surface area contributed by atoms with Gasteiger partial charge in [-0.05, 0) is 13.0 Å². The lowest BCUT2D eigenvalue weighted by Crippen LogP contribution is -2.31. The maximum atomic E-state index is 9.62. The van der Waals surface area contributed by atoms with Gasteiger partial charge in [-0.1, -0.05) is 0 Å². The van der Waals surface area contributed by atoms with E-state index in [4.69, 9.17) is 9.72 Å². The topological polar surface area (TPSA) is 78.2 Å². The molecule has 27 heavy (non-hydrogen) atoms. The van der Waals surface area contributed by atoms with Crippen molar-refractivity contribution in [2.24, 2.45) is 11.8 Å². The van der Waals surface area contributed by atoms with Crippen molar-refractivity contribution in [2.75, 3.05) is 42.6 Å². The second kappa shape index (κ2) is 6.46. The monoisotopic (exact) mass is 362 g/mol. The zero-order valence-corrected chi connectivity index (χ0v) is 15.4. The third-order valence-corrected chi connectivity index (χ3v) is 5.99. The molecule has 2 fully saturated rings. The molecule has 0 saturated carbocycles. The van der Waals surface area contributed by atoms with Crippen molar-refractivity contribution in [1.82, 2.24) is 15.0 Å². The predicted octanol–water partition coefficient (Wildman–Crippen LogP) is 1.70. The van der Waals surface area contributed by atoms with Crippen LogP contribution in [0.25, 0.3) is 0 Å². The van der Waals surface area contributed by atoms with Crippen LogP contribution in [0.15, 0.2) is 18.6 Å². The van der Waals surface area contributed by atoms with Crippen molar-refractivity contribution in [1.29, 1.82) is 5.26 Å². The van der Waals surface area contributed by atoms with Gasteiger partial charge in [0.1, 0.15) is 24.0 Å². The molecule has 0 spiro atoms. The molecule has 2 unspecified atom stereocenters. The number of ether oxygens (including phenoxy) is 1. The Morgan fingerprint density at radius 3 is 2.59 bits per heavy atom. The quantitative estimate of drug-likeness (QED) is 0.804. The first kappa shape index (κ1) is 16.5. The number of fused-ring (bicyclic) bond motifs is 2. The Balaban J connectivity index is 1.36. The van der Waals surface area contributed by atoms with Crippen molar-refractivity contribution >= 4 is 11.6 Å². The number of hydrogen-bond acceptors (Lipinski definition) is 7. The number of nitriles is 1. The maximum Gasteiger partial charge on any atom is 0.146 e. The lowest BCUT2D eigenvalue weighted by Gasteiger charge is -2.26. The summed E-state index contributed by atoms with van der Waals surface area (Å²) in [6.07, 6.45) is 4.33. The molecule has 3 aliphatic heterocycles. The number of rotatable bonds is 2. The van der Waals surface area contributed by atoms with E-state index in [0.717, 1.165) is 61.1 Å². The van der Waals surface area contributed by atoms with Gasteiger partial charge >= 0.3 is 0 Å². The van der Waals surface area contributed by atoms with Crippen molar-refractivity contribution < 1.29 is 4.74 Å². The van der Waals surface area contributed by atoms with E-state index >= 15 is 0 Å². The average Bonchev–Trinajstić information content (AvgIpc) is 3.26. The lowest BCUT2D eigenvalue weighted by atomic mass is 10.0. The van der Waals surface area contributed by atoms with Crippen LogP contribution in [0.1, 0.15) is 22.4 Å². The normalized spacial score (nSPS) is 23.9. The van der Waals surface area contributed by atoms with Crippen LogP contribution in [0.5, 0.6) is 0 Å². The third kappa shape index (κ3) is 2.81. The van der Waals surface area contributed by atoms with E-state index < -0.39 is 0 Å². The molecule has 2 atom stereocenters. The molecule has 0 aromatic carbocycles. The molecule has 5 rings (SSSR count). The molecule has 138 valence electrons. The zero-order valence-electron chi connectivity index (χ0n) is 15.4. The Morgan fingerprint density at radius 1 is 1.15 bits per heavy atom. The summed E-state index contributed by atoms with van der Waals surface area (Å²) in [4.78, 5) is 18.1. The summed E-state index contributed by atoms with van der Waals surface area (Å²) < 4.78 is 5.51. The second-order valence-electron chi connectivity index (χ2n) is 7.74. The molecule has 2 aromatic heterocycles. The Morgan fingerprint density at radius 2 is 1.89 bits per heavy atom. The summed E-state index contributed by atoms with van der Waals surface area (Å²) in [5.74, 6) is 3.06. The number of hydrogen-bond donors (Lipinski definition) is 0. The average molecular weight is 362 g/mol. The maximum absolute atomic E-state index is 9.62. The van der Waals surface area contributed by atoms with Crippen molar-refractivity contribution in [3.8, 4) is 6.07 Å².